The van der Waals surface area contributed by atoms with Crippen molar-refractivity contribution in [3.05, 3.63) is 42.4 Å². The molecule has 126 valence electrons. The second kappa shape index (κ2) is 5.90. The number of hydrogen-bond acceptors (Lipinski definition) is 5. The third-order valence-corrected chi connectivity index (χ3v) is 4.86. The molecule has 3 N–H and O–H groups in total. The molecule has 1 aliphatic carbocycles. The van der Waals surface area contributed by atoms with Gasteiger partial charge in [0.05, 0.1) is 12.2 Å². The number of hydrogen-bond donors (Lipinski definition) is 2. The molecule has 3 heterocycles. The van der Waals surface area contributed by atoms with Crippen LogP contribution in [0.4, 0.5) is 5.82 Å². The molecule has 1 saturated heterocycles. The first-order valence-corrected chi connectivity index (χ1v) is 8.42. The minimum absolute atomic E-state index is 0.0154. The van der Waals surface area contributed by atoms with Gasteiger partial charge in [0, 0.05) is 31.5 Å². The number of aromatic nitrogens is 3. The van der Waals surface area contributed by atoms with Gasteiger partial charge in [-0.15, -0.1) is 0 Å². The average molecular weight is 326 g/mol. The van der Waals surface area contributed by atoms with Crippen molar-refractivity contribution in [1.82, 2.24) is 20.1 Å². The zero-order chi connectivity index (χ0) is 16.6. The van der Waals surface area contributed by atoms with Crippen molar-refractivity contribution in [3.63, 3.8) is 0 Å². The van der Waals surface area contributed by atoms with Gasteiger partial charge in [-0.1, -0.05) is 6.07 Å². The minimum atomic E-state index is -0.497. The fraction of sp³-hybridized carbons (Fsp3) is 0.471. The van der Waals surface area contributed by atoms with Gasteiger partial charge >= 0.3 is 0 Å². The quantitative estimate of drug-likeness (QED) is 0.841. The first kappa shape index (κ1) is 15.1. The predicted octanol–water partition coefficient (Wildman–Crippen LogP) is 0.621. The van der Waals surface area contributed by atoms with E-state index in [1.54, 1.807) is 10.9 Å². The molecule has 7 heteroatoms. The molecule has 1 atom stereocenters. The Morgan fingerprint density at radius 2 is 2.25 bits per heavy atom. The molecule has 2 fully saturated rings. The highest BCUT2D eigenvalue weighted by Gasteiger charge is 2.52. The average Bonchev–Trinajstić information content (AvgIpc) is 3.02. The van der Waals surface area contributed by atoms with Crippen LogP contribution in [-0.2, 0) is 16.9 Å². The second-order valence-corrected chi connectivity index (χ2v) is 6.65. The van der Waals surface area contributed by atoms with Crippen LogP contribution in [0.2, 0.25) is 0 Å². The first-order chi connectivity index (χ1) is 11.7. The Morgan fingerprint density at radius 1 is 1.38 bits per heavy atom. The van der Waals surface area contributed by atoms with E-state index in [9.17, 15) is 4.79 Å². The van der Waals surface area contributed by atoms with Crippen molar-refractivity contribution in [3.8, 4) is 0 Å². The van der Waals surface area contributed by atoms with Crippen LogP contribution in [0.15, 0.2) is 36.7 Å². The summed E-state index contributed by atoms with van der Waals surface area (Å²) in [7, 11) is 0. The van der Waals surface area contributed by atoms with E-state index >= 15 is 0 Å². The lowest BCUT2D eigenvalue weighted by Gasteiger charge is -2.18. The summed E-state index contributed by atoms with van der Waals surface area (Å²) < 4.78 is 1.76. The predicted molar refractivity (Wildman–Crippen MR) is 90.3 cm³/mol. The van der Waals surface area contributed by atoms with Crippen LogP contribution in [0.5, 0.6) is 0 Å². The zero-order valence-corrected chi connectivity index (χ0v) is 13.6. The highest BCUT2D eigenvalue weighted by atomic mass is 16.2. The lowest BCUT2D eigenvalue weighted by atomic mass is 10.2. The van der Waals surface area contributed by atoms with Gasteiger partial charge in [-0.05, 0) is 37.5 Å². The Hall–Kier alpha value is -2.41. The maximum Gasteiger partial charge on any atom is 0.248 e. The number of nitrogens with zero attached hydrogens (tertiary/aromatic N) is 4. The Labute approximate surface area is 140 Å². The van der Waals surface area contributed by atoms with Gasteiger partial charge in [0.1, 0.15) is 11.4 Å². The van der Waals surface area contributed by atoms with Crippen LogP contribution in [0, 0.1) is 0 Å². The minimum Gasteiger partial charge on any atom is -0.355 e. The van der Waals surface area contributed by atoms with Gasteiger partial charge in [-0.2, -0.15) is 5.10 Å². The van der Waals surface area contributed by atoms with Crippen LogP contribution in [0.1, 0.15) is 25.0 Å². The van der Waals surface area contributed by atoms with E-state index in [4.69, 9.17) is 5.73 Å². The molecule has 0 spiro atoms. The molecule has 2 aliphatic rings. The van der Waals surface area contributed by atoms with Crippen molar-refractivity contribution < 1.29 is 4.79 Å². The molecule has 4 rings (SSSR count). The molecule has 0 radical (unpaired) electrons. The largest absolute Gasteiger partial charge is 0.355 e. The smallest absolute Gasteiger partial charge is 0.248 e. The Kier molecular flexibility index (Phi) is 3.72. The number of carbonyl (C=O) groups excluding carboxylic acids is 1. The maximum atomic E-state index is 12.6. The number of carbonyl (C=O) groups is 1. The molecule has 2 aromatic heterocycles. The number of nitrogens with two attached hydrogens (primary N) is 1. The van der Waals surface area contributed by atoms with Crippen molar-refractivity contribution in [2.45, 2.75) is 37.4 Å². The molecule has 7 nitrogen and oxygen atoms in total. The molecular weight excluding hydrogens is 304 g/mol. The fourth-order valence-corrected chi connectivity index (χ4v) is 3.27. The maximum absolute atomic E-state index is 12.6. The van der Waals surface area contributed by atoms with Crippen molar-refractivity contribution >= 4 is 11.7 Å². The summed E-state index contributed by atoms with van der Waals surface area (Å²) >= 11 is 0. The fourth-order valence-electron chi connectivity index (χ4n) is 3.27. The summed E-state index contributed by atoms with van der Waals surface area (Å²) in [5.74, 6) is 0.949. The number of nitrogens with one attached hydrogen (secondary N) is 1. The van der Waals surface area contributed by atoms with E-state index in [0.29, 0.717) is 6.54 Å². The summed E-state index contributed by atoms with van der Waals surface area (Å²) in [4.78, 5) is 19.4. The number of rotatable bonds is 5. The summed E-state index contributed by atoms with van der Waals surface area (Å²) in [6.45, 7) is 2.20. The normalized spacial score (nSPS) is 21.7. The first-order valence-electron chi connectivity index (χ1n) is 8.42. The third-order valence-electron chi connectivity index (χ3n) is 4.86. The lowest BCUT2D eigenvalue weighted by Crippen LogP contribution is -2.38. The molecule has 24 heavy (non-hydrogen) atoms. The van der Waals surface area contributed by atoms with E-state index in [-0.39, 0.29) is 11.9 Å². The topological polar surface area (TPSA) is 89.1 Å². The monoisotopic (exact) mass is 326 g/mol. The van der Waals surface area contributed by atoms with Crippen LogP contribution < -0.4 is 16.0 Å². The van der Waals surface area contributed by atoms with Crippen LogP contribution in [-0.4, -0.2) is 39.8 Å². The van der Waals surface area contributed by atoms with Crippen LogP contribution >= 0.6 is 0 Å². The van der Waals surface area contributed by atoms with Gasteiger partial charge in [0.2, 0.25) is 5.91 Å². The highest BCUT2D eigenvalue weighted by Crippen LogP contribution is 2.43. The lowest BCUT2D eigenvalue weighted by molar-refractivity contribution is -0.126. The second-order valence-electron chi connectivity index (χ2n) is 6.65. The highest BCUT2D eigenvalue weighted by molar-refractivity contribution is 5.87. The third kappa shape index (κ3) is 2.75. The van der Waals surface area contributed by atoms with Crippen LogP contribution in [0.25, 0.3) is 0 Å². The SMILES string of the molecule is NC1CCN(c2cccc(CNC(=O)C3(n4cccn4)CC3)n2)C1. The summed E-state index contributed by atoms with van der Waals surface area (Å²) in [6.07, 6.45) is 6.22. The van der Waals surface area contributed by atoms with E-state index in [0.717, 1.165) is 43.9 Å². The molecule has 0 bridgehead atoms. The van der Waals surface area contributed by atoms with E-state index < -0.39 is 5.54 Å². The summed E-state index contributed by atoms with van der Waals surface area (Å²) in [5.41, 5.74) is 6.33. The number of anilines is 1. The van der Waals surface area contributed by atoms with Gasteiger partial charge in [-0.3, -0.25) is 9.48 Å². The number of amides is 1. The molecule has 0 aromatic carbocycles. The molecule has 1 saturated carbocycles. The van der Waals surface area contributed by atoms with E-state index in [2.05, 4.69) is 20.3 Å². The molecular formula is C17H22N6O. The van der Waals surface area contributed by atoms with E-state index in [1.807, 2.05) is 30.5 Å². The van der Waals surface area contributed by atoms with Gasteiger partial charge in [0.15, 0.2) is 0 Å². The molecule has 2 aromatic rings. The number of pyridine rings is 1. The Balaban J connectivity index is 1.40. The Morgan fingerprint density at radius 3 is 2.92 bits per heavy atom. The van der Waals surface area contributed by atoms with Gasteiger partial charge in [-0.25, -0.2) is 4.98 Å². The van der Waals surface area contributed by atoms with Crippen LogP contribution in [0.3, 0.4) is 0 Å². The summed E-state index contributed by atoms with van der Waals surface area (Å²) in [5, 5.41) is 7.23. The van der Waals surface area contributed by atoms with E-state index in [1.165, 1.54) is 0 Å². The summed E-state index contributed by atoms with van der Waals surface area (Å²) in [6, 6.07) is 7.98. The van der Waals surface area contributed by atoms with Crippen molar-refractivity contribution in [2.24, 2.45) is 5.73 Å². The van der Waals surface area contributed by atoms with Crippen molar-refractivity contribution in [2.75, 3.05) is 18.0 Å². The standard InChI is InChI=1S/C17H22N6O/c18-13-5-10-22(12-13)15-4-1-3-14(21-15)11-19-16(24)17(6-7-17)23-9-2-8-20-23/h1-4,8-9,13H,5-7,10-12,18H2,(H,19,24). The van der Waals surface area contributed by atoms with Gasteiger partial charge < -0.3 is 16.0 Å². The van der Waals surface area contributed by atoms with Crippen molar-refractivity contribution in [1.29, 1.82) is 0 Å². The Bertz CT molecular complexity index is 724. The molecule has 1 amide bonds. The molecule has 1 aliphatic heterocycles. The van der Waals surface area contributed by atoms with Gasteiger partial charge in [0.25, 0.3) is 0 Å². The zero-order valence-electron chi connectivity index (χ0n) is 13.6. The molecule has 1 unspecified atom stereocenters.